The predicted molar refractivity (Wildman–Crippen MR) is 88.2 cm³/mol. The summed E-state index contributed by atoms with van der Waals surface area (Å²) in [6.45, 7) is 5.26. The lowest BCUT2D eigenvalue weighted by molar-refractivity contribution is -0.131. The number of hydrogen-bond donors (Lipinski definition) is 0. The van der Waals surface area contributed by atoms with Gasteiger partial charge in [-0.3, -0.25) is 9.59 Å². The molecule has 114 valence electrons. The van der Waals surface area contributed by atoms with Crippen LogP contribution in [0.15, 0.2) is 53.4 Å². The molecule has 0 N–H and O–H groups in total. The van der Waals surface area contributed by atoms with Crippen LogP contribution in [-0.4, -0.2) is 11.1 Å². The average Bonchev–Trinajstić information content (AvgIpc) is 2.49. The Labute approximate surface area is 134 Å². The van der Waals surface area contributed by atoms with Crippen LogP contribution in [0.2, 0.25) is 0 Å². The molecule has 0 amide bonds. The van der Waals surface area contributed by atoms with Crippen molar-refractivity contribution in [1.29, 1.82) is 0 Å². The standard InChI is InChI=1S/C18H18O3S/c1-12-4-10-17(11-5-12)22-18(20)13(2)15-6-8-16(9-7-15)21-14(3)19/h4-11,13H,1-3H3. The predicted octanol–water partition coefficient (Wildman–Crippen LogP) is 4.34. The SMILES string of the molecule is CC(=O)Oc1ccc(C(C)C(=O)Sc2ccc(C)cc2)cc1. The Balaban J connectivity index is 2.03. The van der Waals surface area contributed by atoms with Crippen LogP contribution >= 0.6 is 11.8 Å². The van der Waals surface area contributed by atoms with Crippen molar-refractivity contribution in [3.63, 3.8) is 0 Å². The number of ether oxygens (including phenoxy) is 1. The summed E-state index contributed by atoms with van der Waals surface area (Å²) < 4.78 is 4.99. The highest BCUT2D eigenvalue weighted by Crippen LogP contribution is 2.29. The number of esters is 1. The molecule has 0 aliphatic heterocycles. The van der Waals surface area contributed by atoms with Gasteiger partial charge in [-0.15, -0.1) is 0 Å². The first-order valence-electron chi connectivity index (χ1n) is 7.02. The summed E-state index contributed by atoms with van der Waals surface area (Å²) in [6.07, 6.45) is 0. The highest BCUT2D eigenvalue weighted by atomic mass is 32.2. The van der Waals surface area contributed by atoms with Crippen LogP contribution in [0.5, 0.6) is 5.75 Å². The number of carbonyl (C=O) groups excluding carboxylic acids is 2. The van der Waals surface area contributed by atoms with Crippen molar-refractivity contribution in [1.82, 2.24) is 0 Å². The molecule has 3 nitrogen and oxygen atoms in total. The lowest BCUT2D eigenvalue weighted by Gasteiger charge is -2.11. The molecule has 0 heterocycles. The third-order valence-electron chi connectivity index (χ3n) is 3.23. The Morgan fingerprint density at radius 2 is 1.59 bits per heavy atom. The van der Waals surface area contributed by atoms with Crippen molar-refractivity contribution in [2.45, 2.75) is 31.6 Å². The van der Waals surface area contributed by atoms with Crippen LogP contribution < -0.4 is 4.74 Å². The second-order valence-electron chi connectivity index (χ2n) is 5.12. The van der Waals surface area contributed by atoms with E-state index in [0.717, 1.165) is 10.5 Å². The molecule has 0 saturated heterocycles. The molecular formula is C18H18O3S. The molecule has 0 fully saturated rings. The van der Waals surface area contributed by atoms with Crippen molar-refractivity contribution in [3.8, 4) is 5.75 Å². The molecule has 2 rings (SSSR count). The van der Waals surface area contributed by atoms with Crippen molar-refractivity contribution in [2.24, 2.45) is 0 Å². The summed E-state index contributed by atoms with van der Waals surface area (Å²) in [5, 5.41) is 0.0871. The van der Waals surface area contributed by atoms with Gasteiger partial charge in [-0.2, -0.15) is 0 Å². The van der Waals surface area contributed by atoms with Crippen molar-refractivity contribution < 1.29 is 14.3 Å². The maximum atomic E-state index is 12.3. The molecule has 22 heavy (non-hydrogen) atoms. The van der Waals surface area contributed by atoms with Gasteiger partial charge in [0.1, 0.15) is 5.75 Å². The van der Waals surface area contributed by atoms with Crippen molar-refractivity contribution >= 4 is 22.8 Å². The molecule has 1 atom stereocenters. The summed E-state index contributed by atoms with van der Waals surface area (Å²) in [4.78, 5) is 24.2. The van der Waals surface area contributed by atoms with E-state index in [9.17, 15) is 9.59 Å². The van der Waals surface area contributed by atoms with Gasteiger partial charge in [0.05, 0.1) is 5.92 Å². The zero-order valence-corrected chi connectivity index (χ0v) is 13.6. The second-order valence-corrected chi connectivity index (χ2v) is 6.20. The minimum absolute atomic E-state index is 0.0871. The fourth-order valence-corrected chi connectivity index (χ4v) is 2.75. The van der Waals surface area contributed by atoms with Gasteiger partial charge in [0.25, 0.3) is 0 Å². The van der Waals surface area contributed by atoms with Gasteiger partial charge < -0.3 is 4.74 Å². The smallest absolute Gasteiger partial charge is 0.308 e. The van der Waals surface area contributed by atoms with Crippen LogP contribution in [0.3, 0.4) is 0 Å². The first-order valence-corrected chi connectivity index (χ1v) is 7.84. The fraction of sp³-hybridized carbons (Fsp3) is 0.222. The van der Waals surface area contributed by atoms with E-state index in [1.807, 2.05) is 50.2 Å². The number of thioether (sulfide) groups is 1. The summed E-state index contributed by atoms with van der Waals surface area (Å²) in [7, 11) is 0. The zero-order valence-electron chi connectivity index (χ0n) is 12.8. The van der Waals surface area contributed by atoms with E-state index in [2.05, 4.69) is 0 Å². The number of rotatable bonds is 4. The van der Waals surface area contributed by atoms with E-state index >= 15 is 0 Å². The van der Waals surface area contributed by atoms with Crippen LogP contribution in [0.1, 0.15) is 30.9 Å². The topological polar surface area (TPSA) is 43.4 Å². The molecule has 2 aromatic rings. The molecule has 0 aliphatic carbocycles. The number of benzene rings is 2. The highest BCUT2D eigenvalue weighted by Gasteiger charge is 2.16. The lowest BCUT2D eigenvalue weighted by atomic mass is 10.0. The third kappa shape index (κ3) is 4.46. The molecule has 0 spiro atoms. The second kappa shape index (κ2) is 7.27. The molecule has 1 unspecified atom stereocenters. The van der Waals surface area contributed by atoms with E-state index in [1.54, 1.807) is 12.1 Å². The lowest BCUT2D eigenvalue weighted by Crippen LogP contribution is -2.05. The molecule has 4 heteroatoms. The van der Waals surface area contributed by atoms with Gasteiger partial charge in [0.2, 0.25) is 5.12 Å². The van der Waals surface area contributed by atoms with Gasteiger partial charge in [0.15, 0.2) is 0 Å². The largest absolute Gasteiger partial charge is 0.427 e. The van der Waals surface area contributed by atoms with Crippen LogP contribution in [0.25, 0.3) is 0 Å². The maximum Gasteiger partial charge on any atom is 0.308 e. The third-order valence-corrected chi connectivity index (χ3v) is 4.30. The summed E-state index contributed by atoms with van der Waals surface area (Å²) in [5.41, 5.74) is 2.08. The molecule has 0 bridgehead atoms. The van der Waals surface area contributed by atoms with Gasteiger partial charge in [0, 0.05) is 11.8 Å². The summed E-state index contributed by atoms with van der Waals surface area (Å²) >= 11 is 1.25. The monoisotopic (exact) mass is 314 g/mol. The van der Waals surface area contributed by atoms with Gasteiger partial charge >= 0.3 is 5.97 Å². The summed E-state index contributed by atoms with van der Waals surface area (Å²) in [6, 6.07) is 14.9. The minimum Gasteiger partial charge on any atom is -0.427 e. The van der Waals surface area contributed by atoms with E-state index in [4.69, 9.17) is 4.74 Å². The zero-order chi connectivity index (χ0) is 16.1. The van der Waals surface area contributed by atoms with Crippen LogP contribution in [0, 0.1) is 6.92 Å². The van der Waals surface area contributed by atoms with E-state index in [0.29, 0.717) is 5.75 Å². The fourth-order valence-electron chi connectivity index (χ4n) is 1.94. The Morgan fingerprint density at radius 1 is 1.00 bits per heavy atom. The van der Waals surface area contributed by atoms with Crippen LogP contribution in [0.4, 0.5) is 0 Å². The Morgan fingerprint density at radius 3 is 2.14 bits per heavy atom. The number of carbonyl (C=O) groups is 2. The molecule has 0 saturated carbocycles. The van der Waals surface area contributed by atoms with E-state index in [1.165, 1.54) is 24.2 Å². The number of aryl methyl sites for hydroxylation is 1. The number of hydrogen-bond acceptors (Lipinski definition) is 4. The van der Waals surface area contributed by atoms with E-state index in [-0.39, 0.29) is 17.0 Å². The Bertz CT molecular complexity index is 660. The molecule has 0 aromatic heterocycles. The Hall–Kier alpha value is -2.07. The van der Waals surface area contributed by atoms with Gasteiger partial charge in [-0.05, 0) is 36.8 Å². The molecule has 0 aliphatic rings. The van der Waals surface area contributed by atoms with Gasteiger partial charge in [-0.25, -0.2) is 0 Å². The quantitative estimate of drug-likeness (QED) is 0.478. The van der Waals surface area contributed by atoms with Crippen molar-refractivity contribution in [3.05, 3.63) is 59.7 Å². The normalized spacial score (nSPS) is 11.8. The Kier molecular flexibility index (Phi) is 5.39. The molecular weight excluding hydrogens is 296 g/mol. The average molecular weight is 314 g/mol. The highest BCUT2D eigenvalue weighted by molar-refractivity contribution is 8.13. The molecule has 2 aromatic carbocycles. The first-order chi connectivity index (χ1) is 10.5. The van der Waals surface area contributed by atoms with Crippen molar-refractivity contribution in [2.75, 3.05) is 0 Å². The first kappa shape index (κ1) is 16.3. The van der Waals surface area contributed by atoms with Crippen LogP contribution in [-0.2, 0) is 9.59 Å². The molecule has 0 radical (unpaired) electrons. The maximum absolute atomic E-state index is 12.3. The van der Waals surface area contributed by atoms with E-state index < -0.39 is 0 Å². The van der Waals surface area contributed by atoms with Gasteiger partial charge in [-0.1, -0.05) is 48.5 Å². The minimum atomic E-state index is -0.355. The summed E-state index contributed by atoms with van der Waals surface area (Å²) in [5.74, 6) is -0.0911.